The standard InChI is InChI=1S/C19H16F3N3O3/c1-10-3-5-12(8-15(10)22)23-16(26)9-25-17(27)19(2,24-18(25)28)13-7-11(20)4-6-14(13)21/h3-8H,9H2,1-2H3,(H,23,26)(H,24,28). The summed E-state index contributed by atoms with van der Waals surface area (Å²) < 4.78 is 41.2. The maximum atomic E-state index is 14.1. The minimum atomic E-state index is -1.86. The Labute approximate surface area is 158 Å². The molecular weight excluding hydrogens is 375 g/mol. The molecule has 1 unspecified atom stereocenters. The molecular formula is C19H16F3N3O3. The molecule has 1 atom stereocenters. The van der Waals surface area contributed by atoms with E-state index in [0.29, 0.717) is 10.5 Å². The first-order chi connectivity index (χ1) is 13.1. The maximum absolute atomic E-state index is 14.1. The number of rotatable bonds is 4. The number of halogens is 3. The molecule has 1 aliphatic heterocycles. The molecule has 9 heteroatoms. The molecule has 1 saturated heterocycles. The minimum Gasteiger partial charge on any atom is -0.324 e. The number of anilines is 1. The molecule has 1 heterocycles. The third kappa shape index (κ3) is 3.42. The fourth-order valence-electron chi connectivity index (χ4n) is 2.92. The van der Waals surface area contributed by atoms with E-state index in [9.17, 15) is 27.6 Å². The van der Waals surface area contributed by atoms with Crippen LogP contribution in [0.4, 0.5) is 23.7 Å². The van der Waals surface area contributed by atoms with Crippen molar-refractivity contribution in [3.63, 3.8) is 0 Å². The van der Waals surface area contributed by atoms with Crippen LogP contribution in [0.3, 0.4) is 0 Å². The summed E-state index contributed by atoms with van der Waals surface area (Å²) in [6.45, 7) is 2.10. The van der Waals surface area contributed by atoms with Gasteiger partial charge in [0.2, 0.25) is 5.91 Å². The van der Waals surface area contributed by atoms with Crippen molar-refractivity contribution in [3.05, 3.63) is 65.0 Å². The summed E-state index contributed by atoms with van der Waals surface area (Å²) in [5.74, 6) is -3.85. The second kappa shape index (κ2) is 6.99. The number of imide groups is 1. The van der Waals surface area contributed by atoms with Crippen LogP contribution >= 0.6 is 0 Å². The average molecular weight is 391 g/mol. The highest BCUT2D eigenvalue weighted by Crippen LogP contribution is 2.31. The van der Waals surface area contributed by atoms with Crippen LogP contribution in [-0.2, 0) is 15.1 Å². The lowest BCUT2D eigenvalue weighted by molar-refractivity contribution is -0.133. The molecule has 4 amide bonds. The number of nitrogens with one attached hydrogen (secondary N) is 2. The molecule has 3 rings (SSSR count). The topological polar surface area (TPSA) is 78.5 Å². The molecule has 2 aromatic rings. The van der Waals surface area contributed by atoms with E-state index in [2.05, 4.69) is 10.6 Å². The van der Waals surface area contributed by atoms with Crippen molar-refractivity contribution in [3.8, 4) is 0 Å². The summed E-state index contributed by atoms with van der Waals surface area (Å²) in [6, 6.07) is 5.64. The van der Waals surface area contributed by atoms with Crippen LogP contribution in [0.15, 0.2) is 36.4 Å². The summed E-state index contributed by atoms with van der Waals surface area (Å²) in [6.07, 6.45) is 0. The van der Waals surface area contributed by atoms with Gasteiger partial charge in [-0.3, -0.25) is 14.5 Å². The smallest absolute Gasteiger partial charge is 0.324 e. The molecule has 0 bridgehead atoms. The monoisotopic (exact) mass is 391 g/mol. The molecule has 2 N–H and O–H groups in total. The zero-order valence-electron chi connectivity index (χ0n) is 15.0. The number of urea groups is 1. The van der Waals surface area contributed by atoms with Gasteiger partial charge < -0.3 is 10.6 Å². The second-order valence-corrected chi connectivity index (χ2v) is 6.58. The Balaban J connectivity index is 1.79. The van der Waals surface area contributed by atoms with Gasteiger partial charge in [0.05, 0.1) is 0 Å². The van der Waals surface area contributed by atoms with Gasteiger partial charge in [-0.1, -0.05) is 6.07 Å². The van der Waals surface area contributed by atoms with Crippen LogP contribution in [0.2, 0.25) is 0 Å². The van der Waals surface area contributed by atoms with Gasteiger partial charge in [-0.2, -0.15) is 0 Å². The minimum absolute atomic E-state index is 0.152. The molecule has 6 nitrogen and oxygen atoms in total. The molecule has 1 fully saturated rings. The Morgan fingerprint density at radius 2 is 1.82 bits per heavy atom. The zero-order valence-corrected chi connectivity index (χ0v) is 15.0. The number of carbonyl (C=O) groups is 3. The molecule has 2 aromatic carbocycles. The number of nitrogens with zero attached hydrogens (tertiary/aromatic N) is 1. The lowest BCUT2D eigenvalue weighted by Gasteiger charge is -2.22. The third-order valence-electron chi connectivity index (χ3n) is 4.50. The van der Waals surface area contributed by atoms with E-state index in [4.69, 9.17) is 0 Å². The van der Waals surface area contributed by atoms with Crippen LogP contribution in [0, 0.1) is 24.4 Å². The number of amides is 4. The van der Waals surface area contributed by atoms with Crippen molar-refractivity contribution in [2.24, 2.45) is 0 Å². The summed E-state index contributed by atoms with van der Waals surface area (Å²) in [7, 11) is 0. The number of benzene rings is 2. The van der Waals surface area contributed by atoms with Crippen molar-refractivity contribution in [2.45, 2.75) is 19.4 Å². The predicted octanol–water partition coefficient (Wildman–Crippen LogP) is 2.82. The lowest BCUT2D eigenvalue weighted by Crippen LogP contribution is -2.42. The second-order valence-electron chi connectivity index (χ2n) is 6.58. The first kappa shape index (κ1) is 19.4. The highest BCUT2D eigenvalue weighted by molar-refractivity contribution is 6.10. The van der Waals surface area contributed by atoms with Crippen molar-refractivity contribution in [2.75, 3.05) is 11.9 Å². The van der Waals surface area contributed by atoms with Crippen LogP contribution in [0.1, 0.15) is 18.1 Å². The molecule has 0 saturated carbocycles. The van der Waals surface area contributed by atoms with E-state index >= 15 is 0 Å². The lowest BCUT2D eigenvalue weighted by atomic mass is 9.91. The summed E-state index contributed by atoms with van der Waals surface area (Å²) >= 11 is 0. The van der Waals surface area contributed by atoms with Crippen molar-refractivity contribution < 1.29 is 27.6 Å². The van der Waals surface area contributed by atoms with E-state index in [1.807, 2.05) is 0 Å². The largest absolute Gasteiger partial charge is 0.325 e. The van der Waals surface area contributed by atoms with Crippen LogP contribution in [0.5, 0.6) is 0 Å². The highest BCUT2D eigenvalue weighted by atomic mass is 19.1. The Morgan fingerprint density at radius 3 is 2.50 bits per heavy atom. The normalized spacial score (nSPS) is 19.0. The number of hydrogen-bond donors (Lipinski definition) is 2. The van der Waals surface area contributed by atoms with E-state index in [1.54, 1.807) is 6.92 Å². The quantitative estimate of drug-likeness (QED) is 0.787. The molecule has 0 aliphatic carbocycles. The van der Waals surface area contributed by atoms with Crippen molar-refractivity contribution >= 4 is 23.5 Å². The maximum Gasteiger partial charge on any atom is 0.325 e. The third-order valence-corrected chi connectivity index (χ3v) is 4.50. The fourth-order valence-corrected chi connectivity index (χ4v) is 2.92. The van der Waals surface area contributed by atoms with Gasteiger partial charge in [-0.05, 0) is 49.7 Å². The van der Waals surface area contributed by atoms with Crippen LogP contribution in [0.25, 0.3) is 0 Å². The zero-order chi connectivity index (χ0) is 20.6. The van der Waals surface area contributed by atoms with Gasteiger partial charge >= 0.3 is 6.03 Å². The Hall–Kier alpha value is -3.36. The average Bonchev–Trinajstić information content (AvgIpc) is 2.84. The summed E-state index contributed by atoms with van der Waals surface area (Å²) in [5, 5.41) is 4.67. The van der Waals surface area contributed by atoms with Gasteiger partial charge in [-0.25, -0.2) is 18.0 Å². The van der Waals surface area contributed by atoms with E-state index in [0.717, 1.165) is 24.3 Å². The molecule has 0 radical (unpaired) electrons. The van der Waals surface area contributed by atoms with E-state index < -0.39 is 47.4 Å². The summed E-state index contributed by atoms with van der Waals surface area (Å²) in [5.41, 5.74) is -1.67. The van der Waals surface area contributed by atoms with Gasteiger partial charge in [0.1, 0.15) is 29.5 Å². The predicted molar refractivity (Wildman–Crippen MR) is 93.7 cm³/mol. The van der Waals surface area contributed by atoms with Gasteiger partial charge in [-0.15, -0.1) is 0 Å². The van der Waals surface area contributed by atoms with Crippen LogP contribution < -0.4 is 10.6 Å². The van der Waals surface area contributed by atoms with E-state index in [1.165, 1.54) is 19.1 Å². The molecule has 0 aromatic heterocycles. The van der Waals surface area contributed by atoms with E-state index in [-0.39, 0.29) is 11.3 Å². The SMILES string of the molecule is Cc1ccc(NC(=O)CN2C(=O)NC(C)(c3cc(F)ccc3F)C2=O)cc1F. The molecule has 28 heavy (non-hydrogen) atoms. The Kier molecular flexibility index (Phi) is 4.84. The van der Waals surface area contributed by atoms with Crippen molar-refractivity contribution in [1.82, 2.24) is 10.2 Å². The first-order valence-corrected chi connectivity index (χ1v) is 8.27. The van der Waals surface area contributed by atoms with Gasteiger partial charge in [0.15, 0.2) is 0 Å². The number of aryl methyl sites for hydroxylation is 1. The number of carbonyl (C=O) groups excluding carboxylic acids is 3. The van der Waals surface area contributed by atoms with Crippen LogP contribution in [-0.4, -0.2) is 29.3 Å². The molecule has 1 aliphatic rings. The highest BCUT2D eigenvalue weighted by Gasteiger charge is 2.50. The summed E-state index contributed by atoms with van der Waals surface area (Å²) in [4.78, 5) is 37.7. The van der Waals surface area contributed by atoms with Gasteiger partial charge in [0, 0.05) is 11.3 Å². The Bertz CT molecular complexity index is 996. The Morgan fingerprint density at radius 1 is 1.11 bits per heavy atom. The van der Waals surface area contributed by atoms with Crippen molar-refractivity contribution in [1.29, 1.82) is 0 Å². The van der Waals surface area contributed by atoms with Gasteiger partial charge in [0.25, 0.3) is 5.91 Å². The number of hydrogen-bond acceptors (Lipinski definition) is 3. The fraction of sp³-hybridized carbons (Fsp3) is 0.211. The molecule has 0 spiro atoms. The molecule has 146 valence electrons. The first-order valence-electron chi connectivity index (χ1n) is 8.27.